The fourth-order valence-corrected chi connectivity index (χ4v) is 9.72. The van der Waals surface area contributed by atoms with Gasteiger partial charge in [-0.1, -0.05) is 147 Å². The number of benzene rings is 9. The van der Waals surface area contributed by atoms with Crippen LogP contribution in [0.15, 0.2) is 188 Å². The number of fused-ring (bicyclic) bond motifs is 12. The first-order chi connectivity index (χ1) is 28.5. The van der Waals surface area contributed by atoms with Crippen LogP contribution in [0.2, 0.25) is 0 Å². The summed E-state index contributed by atoms with van der Waals surface area (Å²) in [6.45, 7) is 4.74. The van der Waals surface area contributed by atoms with E-state index in [2.05, 4.69) is 200 Å². The number of hydrogen-bond donors (Lipinski definition) is 0. The molecule has 2 aromatic heterocycles. The first-order valence-corrected chi connectivity index (χ1v) is 20.1. The smallest absolute Gasteiger partial charge is 0.0979 e. The molecule has 0 aliphatic heterocycles. The van der Waals surface area contributed by atoms with Crippen LogP contribution in [0, 0.1) is 0 Å². The van der Waals surface area contributed by atoms with Crippen LogP contribution in [0.5, 0.6) is 0 Å². The summed E-state index contributed by atoms with van der Waals surface area (Å²) in [5.41, 5.74) is 17.4. The molecule has 0 fully saturated rings. The van der Waals surface area contributed by atoms with Crippen molar-refractivity contribution >= 4 is 54.4 Å². The second-order valence-corrected chi connectivity index (χ2v) is 16.2. The second-order valence-electron chi connectivity index (χ2n) is 16.2. The maximum atomic E-state index is 5.28. The van der Waals surface area contributed by atoms with Crippen LogP contribution in [-0.2, 0) is 5.41 Å². The number of para-hydroxylation sites is 2. The van der Waals surface area contributed by atoms with E-state index in [9.17, 15) is 0 Å². The Bertz CT molecular complexity index is 3450. The van der Waals surface area contributed by atoms with Gasteiger partial charge >= 0.3 is 0 Å². The molecule has 0 spiro atoms. The predicted molar refractivity (Wildman–Crippen MR) is 243 cm³/mol. The van der Waals surface area contributed by atoms with Gasteiger partial charge in [0.15, 0.2) is 0 Å². The van der Waals surface area contributed by atoms with E-state index in [1.165, 1.54) is 82.8 Å². The molecule has 0 N–H and O–H groups in total. The molecule has 2 heterocycles. The molecule has 12 rings (SSSR count). The molecule has 0 bridgehead atoms. The van der Waals surface area contributed by atoms with Crippen LogP contribution in [0.25, 0.3) is 105 Å². The van der Waals surface area contributed by atoms with Gasteiger partial charge in [0.05, 0.1) is 34.0 Å². The number of rotatable bonds is 4. The highest BCUT2D eigenvalue weighted by Crippen LogP contribution is 2.51. The Hall–Kier alpha value is -7.36. The standard InChI is InChI=1S/C55H37N3/c1-55(2)48-31-36(34-13-12-14-38(29-34)50-33-56-53-45-20-8-6-17-40(45)41-18-7-9-21-46(41)54(53)57-50)23-26-42(48)43-27-24-37(32-49(43)55)35-25-28-52-47(30-35)44-19-10-11-22-51(44)58(52)39-15-4-3-5-16-39/h3-33H,1-2H3. The molecule has 0 saturated heterocycles. The highest BCUT2D eigenvalue weighted by atomic mass is 15.0. The Kier molecular flexibility index (Phi) is 6.98. The quantitative estimate of drug-likeness (QED) is 0.168. The first-order valence-electron chi connectivity index (χ1n) is 20.1. The topological polar surface area (TPSA) is 30.7 Å². The van der Waals surface area contributed by atoms with Crippen LogP contribution in [0.4, 0.5) is 0 Å². The van der Waals surface area contributed by atoms with Crippen molar-refractivity contribution < 1.29 is 0 Å². The molecule has 1 aliphatic carbocycles. The minimum Gasteiger partial charge on any atom is -0.309 e. The molecule has 0 saturated carbocycles. The molecular weight excluding hydrogens is 703 g/mol. The number of hydrogen-bond acceptors (Lipinski definition) is 2. The lowest BCUT2D eigenvalue weighted by Crippen LogP contribution is -2.15. The lowest BCUT2D eigenvalue weighted by molar-refractivity contribution is 0.661. The Labute approximate surface area is 336 Å². The molecule has 58 heavy (non-hydrogen) atoms. The van der Waals surface area contributed by atoms with Gasteiger partial charge in [-0.2, -0.15) is 0 Å². The van der Waals surface area contributed by atoms with E-state index >= 15 is 0 Å². The van der Waals surface area contributed by atoms with Crippen LogP contribution in [0.3, 0.4) is 0 Å². The van der Waals surface area contributed by atoms with Crippen molar-refractivity contribution in [2.24, 2.45) is 0 Å². The monoisotopic (exact) mass is 739 g/mol. The zero-order chi connectivity index (χ0) is 38.5. The zero-order valence-corrected chi connectivity index (χ0v) is 32.2. The van der Waals surface area contributed by atoms with Gasteiger partial charge in [-0.25, -0.2) is 4.98 Å². The van der Waals surface area contributed by atoms with Crippen LogP contribution in [0.1, 0.15) is 25.0 Å². The van der Waals surface area contributed by atoms with E-state index in [-0.39, 0.29) is 5.41 Å². The normalized spacial score (nSPS) is 13.1. The third kappa shape index (κ3) is 4.80. The zero-order valence-electron chi connectivity index (χ0n) is 32.2. The van der Waals surface area contributed by atoms with Gasteiger partial charge in [0.1, 0.15) is 0 Å². The lowest BCUT2D eigenvalue weighted by atomic mass is 9.80. The number of aromatic nitrogens is 3. The molecule has 0 radical (unpaired) electrons. The average molecular weight is 740 g/mol. The molecule has 272 valence electrons. The molecule has 3 nitrogen and oxygen atoms in total. The van der Waals surface area contributed by atoms with E-state index < -0.39 is 0 Å². The Morgan fingerprint density at radius 2 is 0.931 bits per heavy atom. The average Bonchev–Trinajstić information content (AvgIpc) is 3.74. The van der Waals surface area contributed by atoms with Crippen molar-refractivity contribution in [2.45, 2.75) is 19.3 Å². The van der Waals surface area contributed by atoms with E-state index in [0.29, 0.717) is 0 Å². The van der Waals surface area contributed by atoms with Gasteiger partial charge in [0, 0.05) is 38.2 Å². The van der Waals surface area contributed by atoms with Crippen LogP contribution >= 0.6 is 0 Å². The van der Waals surface area contributed by atoms with E-state index in [1.54, 1.807) is 0 Å². The Balaban J connectivity index is 0.912. The summed E-state index contributed by atoms with van der Waals surface area (Å²) in [7, 11) is 0. The third-order valence-electron chi connectivity index (χ3n) is 12.6. The maximum Gasteiger partial charge on any atom is 0.0979 e. The largest absolute Gasteiger partial charge is 0.309 e. The molecule has 0 unspecified atom stereocenters. The van der Waals surface area contributed by atoms with E-state index in [1.807, 2.05) is 6.20 Å². The van der Waals surface area contributed by atoms with Crippen molar-refractivity contribution in [3.05, 3.63) is 199 Å². The highest BCUT2D eigenvalue weighted by Gasteiger charge is 2.36. The molecule has 11 aromatic rings. The maximum absolute atomic E-state index is 5.28. The minimum atomic E-state index is -0.171. The van der Waals surface area contributed by atoms with Gasteiger partial charge in [-0.05, 0) is 104 Å². The van der Waals surface area contributed by atoms with Crippen molar-refractivity contribution in [2.75, 3.05) is 0 Å². The fraction of sp³-hybridized carbons (Fsp3) is 0.0545. The summed E-state index contributed by atoms with van der Waals surface area (Å²) < 4.78 is 2.38. The molecule has 3 heteroatoms. The van der Waals surface area contributed by atoms with Crippen molar-refractivity contribution in [1.29, 1.82) is 0 Å². The van der Waals surface area contributed by atoms with Gasteiger partial charge in [-0.15, -0.1) is 0 Å². The van der Waals surface area contributed by atoms with E-state index in [4.69, 9.17) is 9.97 Å². The summed E-state index contributed by atoms with van der Waals surface area (Å²) in [4.78, 5) is 10.3. The summed E-state index contributed by atoms with van der Waals surface area (Å²) in [5.74, 6) is 0. The first kappa shape index (κ1) is 32.8. The SMILES string of the molecule is CC1(C)c2cc(-c3cccc(-c4cnc5c6ccccc6c6ccccc6c5n4)c3)ccc2-c2ccc(-c3ccc4c(c3)c3ccccc3n4-c3ccccc3)cc21. The minimum absolute atomic E-state index is 0.171. The van der Waals surface area contributed by atoms with Crippen LogP contribution in [-0.4, -0.2) is 14.5 Å². The van der Waals surface area contributed by atoms with Crippen LogP contribution < -0.4 is 0 Å². The fourth-order valence-electron chi connectivity index (χ4n) is 9.72. The third-order valence-corrected chi connectivity index (χ3v) is 12.6. The summed E-state index contributed by atoms with van der Waals surface area (Å²) in [6.07, 6.45) is 1.93. The number of nitrogens with zero attached hydrogens (tertiary/aromatic N) is 3. The molecule has 0 amide bonds. The molecule has 9 aromatic carbocycles. The van der Waals surface area contributed by atoms with Gasteiger partial charge in [0.25, 0.3) is 0 Å². The Morgan fingerprint density at radius 3 is 1.64 bits per heavy atom. The molecule has 0 atom stereocenters. The summed E-state index contributed by atoms with van der Waals surface area (Å²) in [5, 5.41) is 7.20. The molecular formula is C55H37N3. The lowest BCUT2D eigenvalue weighted by Gasteiger charge is -2.22. The van der Waals surface area contributed by atoms with Gasteiger partial charge in [-0.3, -0.25) is 4.98 Å². The highest BCUT2D eigenvalue weighted by molar-refractivity contribution is 6.23. The van der Waals surface area contributed by atoms with Crippen molar-refractivity contribution in [1.82, 2.24) is 14.5 Å². The van der Waals surface area contributed by atoms with Crippen molar-refractivity contribution in [3.8, 4) is 50.3 Å². The van der Waals surface area contributed by atoms with Gasteiger partial charge in [0.2, 0.25) is 0 Å². The van der Waals surface area contributed by atoms with E-state index in [0.717, 1.165) is 33.1 Å². The summed E-state index contributed by atoms with van der Waals surface area (Å²) >= 11 is 0. The Morgan fingerprint density at radius 1 is 0.397 bits per heavy atom. The van der Waals surface area contributed by atoms with Crippen molar-refractivity contribution in [3.63, 3.8) is 0 Å². The summed E-state index contributed by atoms with van der Waals surface area (Å²) in [6, 6.07) is 66.2. The molecule has 1 aliphatic rings. The predicted octanol–water partition coefficient (Wildman–Crippen LogP) is 14.3. The second kappa shape index (κ2) is 12.3. The van der Waals surface area contributed by atoms with Gasteiger partial charge < -0.3 is 4.57 Å².